The Morgan fingerprint density at radius 1 is 0.706 bits per heavy atom. The van der Waals surface area contributed by atoms with Crippen molar-refractivity contribution in [1.29, 1.82) is 0 Å². The first-order valence-electron chi connectivity index (χ1n) is 11.0. The Kier molecular flexibility index (Phi) is 7.68. The van der Waals surface area contributed by atoms with Crippen molar-refractivity contribution in [2.45, 2.75) is 33.2 Å². The first-order valence-corrected chi connectivity index (χ1v) is 11.0. The third-order valence-electron chi connectivity index (χ3n) is 4.80. The van der Waals surface area contributed by atoms with Crippen molar-refractivity contribution in [2.75, 3.05) is 22.5 Å². The minimum absolute atomic E-state index is 0.0688. The smallest absolute Gasteiger partial charge is 0.255 e. The van der Waals surface area contributed by atoms with Gasteiger partial charge in [-0.1, -0.05) is 17.7 Å². The minimum Gasteiger partial charge on any atom is -0.376 e. The first kappa shape index (κ1) is 24.5. The highest BCUT2D eigenvalue weighted by Crippen LogP contribution is 2.16. The molecule has 0 atom stereocenters. The van der Waals surface area contributed by atoms with Crippen molar-refractivity contribution < 1.29 is 14.4 Å². The van der Waals surface area contributed by atoms with Gasteiger partial charge >= 0.3 is 0 Å². The quantitative estimate of drug-likeness (QED) is 0.408. The van der Waals surface area contributed by atoms with Gasteiger partial charge in [0.1, 0.15) is 0 Å². The second-order valence-corrected chi connectivity index (χ2v) is 9.08. The molecular weight excluding hydrogens is 428 g/mol. The molecule has 7 heteroatoms. The number of rotatable bonds is 7. The highest BCUT2D eigenvalue weighted by molar-refractivity contribution is 6.04. The summed E-state index contributed by atoms with van der Waals surface area (Å²) in [5, 5.41) is 11.6. The Bertz CT molecular complexity index is 1160. The van der Waals surface area contributed by atoms with Gasteiger partial charge in [0, 0.05) is 33.7 Å². The fourth-order valence-electron chi connectivity index (χ4n) is 3.17. The molecule has 3 aromatic carbocycles. The number of nitrogens with one attached hydrogen (secondary N) is 4. The molecule has 0 spiro atoms. The molecule has 0 radical (unpaired) electrons. The Balaban J connectivity index is 1.47. The lowest BCUT2D eigenvalue weighted by molar-refractivity contribution is -0.114. The summed E-state index contributed by atoms with van der Waals surface area (Å²) in [6, 6.07) is 21.2. The van der Waals surface area contributed by atoms with E-state index in [1.165, 1.54) is 0 Å². The maximum absolute atomic E-state index is 12.4. The van der Waals surface area contributed by atoms with Gasteiger partial charge in [0.15, 0.2) is 0 Å². The van der Waals surface area contributed by atoms with Crippen LogP contribution in [0.3, 0.4) is 0 Å². The van der Waals surface area contributed by atoms with Crippen LogP contribution in [0, 0.1) is 6.92 Å². The predicted octanol–water partition coefficient (Wildman–Crippen LogP) is 4.83. The van der Waals surface area contributed by atoms with Gasteiger partial charge < -0.3 is 21.3 Å². The van der Waals surface area contributed by atoms with Crippen LogP contribution in [0.25, 0.3) is 0 Å². The van der Waals surface area contributed by atoms with Crippen LogP contribution >= 0.6 is 0 Å². The molecule has 3 amide bonds. The fraction of sp³-hybridized carbons (Fsp3) is 0.222. The molecule has 0 unspecified atom stereocenters. The van der Waals surface area contributed by atoms with E-state index < -0.39 is 0 Å². The molecule has 0 heterocycles. The molecule has 0 aliphatic rings. The molecule has 3 rings (SSSR count). The van der Waals surface area contributed by atoms with Crippen LogP contribution in [0.4, 0.5) is 17.1 Å². The summed E-state index contributed by atoms with van der Waals surface area (Å²) in [5.41, 5.74) is 3.84. The lowest BCUT2D eigenvalue weighted by Crippen LogP contribution is -2.40. The van der Waals surface area contributed by atoms with Gasteiger partial charge in [-0.25, -0.2) is 0 Å². The third kappa shape index (κ3) is 7.48. The predicted molar refractivity (Wildman–Crippen MR) is 136 cm³/mol. The Hall–Kier alpha value is -4.13. The molecule has 0 aliphatic heterocycles. The van der Waals surface area contributed by atoms with E-state index in [4.69, 9.17) is 0 Å². The van der Waals surface area contributed by atoms with Crippen LogP contribution in [-0.2, 0) is 4.79 Å². The molecule has 7 nitrogen and oxygen atoms in total. The largest absolute Gasteiger partial charge is 0.376 e. The molecule has 0 saturated carbocycles. The molecule has 34 heavy (non-hydrogen) atoms. The number of carbonyl (C=O) groups is 3. The third-order valence-corrected chi connectivity index (χ3v) is 4.80. The van der Waals surface area contributed by atoms with E-state index in [-0.39, 0.29) is 29.8 Å². The summed E-state index contributed by atoms with van der Waals surface area (Å²) in [4.78, 5) is 36.8. The van der Waals surface area contributed by atoms with Crippen molar-refractivity contribution in [1.82, 2.24) is 5.32 Å². The summed E-state index contributed by atoms with van der Waals surface area (Å²) in [5.74, 6) is -0.548. The number of anilines is 3. The number of carbonyl (C=O) groups excluding carboxylic acids is 3. The number of aryl methyl sites for hydroxylation is 1. The van der Waals surface area contributed by atoms with Crippen molar-refractivity contribution in [3.63, 3.8) is 0 Å². The zero-order valence-corrected chi connectivity index (χ0v) is 19.9. The second kappa shape index (κ2) is 10.7. The van der Waals surface area contributed by atoms with E-state index in [0.717, 1.165) is 11.3 Å². The average Bonchev–Trinajstić information content (AvgIpc) is 2.78. The molecule has 4 N–H and O–H groups in total. The Morgan fingerprint density at radius 2 is 1.29 bits per heavy atom. The lowest BCUT2D eigenvalue weighted by atomic mass is 10.1. The monoisotopic (exact) mass is 458 g/mol. The topological polar surface area (TPSA) is 99.3 Å². The van der Waals surface area contributed by atoms with E-state index in [9.17, 15) is 14.4 Å². The zero-order chi connectivity index (χ0) is 24.7. The maximum Gasteiger partial charge on any atom is 0.255 e. The number of benzene rings is 3. The maximum atomic E-state index is 12.4. The standard InChI is InChI=1S/C27H30N4O3/c1-18-6-5-7-20(16-18)25(33)30-23-14-12-22(13-15-23)29-24(32)17-28-21-10-8-19(9-11-21)26(34)31-27(2,3)4/h5-16,28H,17H2,1-4H3,(H,29,32)(H,30,33)(H,31,34). The summed E-state index contributed by atoms with van der Waals surface area (Å²) in [7, 11) is 0. The molecule has 0 aromatic heterocycles. The van der Waals surface area contributed by atoms with Crippen molar-refractivity contribution in [3.05, 3.63) is 89.5 Å². The normalized spacial score (nSPS) is 10.8. The molecule has 176 valence electrons. The van der Waals surface area contributed by atoms with E-state index in [0.29, 0.717) is 22.5 Å². The van der Waals surface area contributed by atoms with Crippen LogP contribution in [0.5, 0.6) is 0 Å². The van der Waals surface area contributed by atoms with Gasteiger partial charge in [0.2, 0.25) is 5.91 Å². The number of amides is 3. The van der Waals surface area contributed by atoms with Gasteiger partial charge in [0.05, 0.1) is 6.54 Å². The number of hydrogen-bond acceptors (Lipinski definition) is 4. The molecule has 0 fully saturated rings. The van der Waals surface area contributed by atoms with Crippen LogP contribution in [0.15, 0.2) is 72.8 Å². The van der Waals surface area contributed by atoms with E-state index in [2.05, 4.69) is 21.3 Å². The summed E-state index contributed by atoms with van der Waals surface area (Å²) < 4.78 is 0. The highest BCUT2D eigenvalue weighted by atomic mass is 16.2. The van der Waals surface area contributed by atoms with Crippen LogP contribution in [0.2, 0.25) is 0 Å². The van der Waals surface area contributed by atoms with Crippen LogP contribution in [0.1, 0.15) is 47.1 Å². The van der Waals surface area contributed by atoms with E-state index >= 15 is 0 Å². The first-order chi connectivity index (χ1) is 16.1. The van der Waals surface area contributed by atoms with Gasteiger partial charge in [-0.3, -0.25) is 14.4 Å². The minimum atomic E-state index is -0.309. The SMILES string of the molecule is Cc1cccc(C(=O)Nc2ccc(NC(=O)CNc3ccc(C(=O)NC(C)(C)C)cc3)cc2)c1. The fourth-order valence-corrected chi connectivity index (χ4v) is 3.17. The van der Waals surface area contributed by atoms with E-state index in [1.54, 1.807) is 54.6 Å². The number of hydrogen-bond donors (Lipinski definition) is 4. The van der Waals surface area contributed by atoms with Gasteiger partial charge in [-0.2, -0.15) is 0 Å². The van der Waals surface area contributed by atoms with Crippen molar-refractivity contribution in [2.24, 2.45) is 0 Å². The summed E-state index contributed by atoms with van der Waals surface area (Å²) in [6.45, 7) is 7.78. The van der Waals surface area contributed by atoms with E-state index in [1.807, 2.05) is 45.9 Å². The lowest BCUT2D eigenvalue weighted by Gasteiger charge is -2.20. The van der Waals surface area contributed by atoms with Gasteiger partial charge in [-0.05, 0) is 88.4 Å². The molecule has 0 aliphatic carbocycles. The highest BCUT2D eigenvalue weighted by Gasteiger charge is 2.15. The summed E-state index contributed by atoms with van der Waals surface area (Å²) in [6.07, 6.45) is 0. The Labute approximate surface area is 200 Å². The van der Waals surface area contributed by atoms with Crippen molar-refractivity contribution >= 4 is 34.8 Å². The van der Waals surface area contributed by atoms with Gasteiger partial charge in [-0.15, -0.1) is 0 Å². The average molecular weight is 459 g/mol. The zero-order valence-electron chi connectivity index (χ0n) is 19.9. The van der Waals surface area contributed by atoms with Gasteiger partial charge in [0.25, 0.3) is 11.8 Å². The molecule has 3 aromatic rings. The van der Waals surface area contributed by atoms with Crippen LogP contribution < -0.4 is 21.3 Å². The molecule has 0 saturated heterocycles. The Morgan fingerprint density at radius 3 is 1.88 bits per heavy atom. The molecular formula is C27H30N4O3. The summed E-state index contributed by atoms with van der Waals surface area (Å²) >= 11 is 0. The van der Waals surface area contributed by atoms with Crippen LogP contribution in [-0.4, -0.2) is 29.8 Å². The van der Waals surface area contributed by atoms with Crippen molar-refractivity contribution in [3.8, 4) is 0 Å². The molecule has 0 bridgehead atoms. The second-order valence-electron chi connectivity index (χ2n) is 9.08.